The van der Waals surface area contributed by atoms with Crippen LogP contribution in [0, 0.1) is 5.82 Å². The predicted molar refractivity (Wildman–Crippen MR) is 75.6 cm³/mol. The Morgan fingerprint density at radius 3 is 1.50 bits per heavy atom. The summed E-state index contributed by atoms with van der Waals surface area (Å²) in [6.45, 7) is 14.1. The first-order valence-corrected chi connectivity index (χ1v) is 12.6. The van der Waals surface area contributed by atoms with E-state index in [9.17, 15) is 4.39 Å². The maximum atomic E-state index is 12.9. The third-order valence-corrected chi connectivity index (χ3v) is 9.65. The Kier molecular flexibility index (Phi) is 3.64. The molecule has 0 aromatic heterocycles. The van der Waals surface area contributed by atoms with Crippen LogP contribution in [0.2, 0.25) is 39.3 Å². The summed E-state index contributed by atoms with van der Waals surface area (Å²) < 4.78 is 15.5. The van der Waals surface area contributed by atoms with Gasteiger partial charge in [-0.05, 0) is 24.3 Å². The molecule has 0 fully saturated rings. The van der Waals surface area contributed by atoms with Crippen molar-refractivity contribution in [2.24, 2.45) is 0 Å². The summed E-state index contributed by atoms with van der Waals surface area (Å²) in [5, 5.41) is 0. The fourth-order valence-electron chi connectivity index (χ4n) is 2.37. The van der Waals surface area contributed by atoms with E-state index in [-0.39, 0.29) is 5.82 Å². The number of rotatable bonds is 3. The largest absolute Gasteiger partial charge is 0.425 e. The summed E-state index contributed by atoms with van der Waals surface area (Å²) in [6.07, 6.45) is 0. The third kappa shape index (κ3) is 3.19. The van der Waals surface area contributed by atoms with E-state index in [1.807, 2.05) is 12.1 Å². The van der Waals surface area contributed by atoms with Crippen molar-refractivity contribution in [3.8, 4) is 0 Å². The average Bonchev–Trinajstić information content (AvgIpc) is 2.03. The van der Waals surface area contributed by atoms with Gasteiger partial charge in [-0.1, -0.05) is 39.3 Å². The first kappa shape index (κ1) is 13.4. The van der Waals surface area contributed by atoms with Gasteiger partial charge in [-0.25, -0.2) is 4.39 Å². The van der Waals surface area contributed by atoms with E-state index in [4.69, 9.17) is 0 Å². The number of hydrogen-bond acceptors (Lipinski definition) is 1. The lowest BCUT2D eigenvalue weighted by molar-refractivity contribution is 0.628. The molecule has 0 aliphatic carbocycles. The van der Waals surface area contributed by atoms with Crippen molar-refractivity contribution in [1.29, 1.82) is 0 Å². The van der Waals surface area contributed by atoms with Crippen molar-refractivity contribution in [2.45, 2.75) is 39.3 Å². The van der Waals surface area contributed by atoms with Crippen LogP contribution < -0.4 is 4.23 Å². The Hall–Kier alpha value is -0.616. The normalized spacial score (nSPS) is 12.7. The van der Waals surface area contributed by atoms with Gasteiger partial charge < -0.3 is 4.23 Å². The van der Waals surface area contributed by atoms with Gasteiger partial charge in [0.15, 0.2) is 0 Å². The van der Waals surface area contributed by atoms with E-state index >= 15 is 0 Å². The fraction of sp³-hybridized carbons (Fsp3) is 0.500. The van der Waals surface area contributed by atoms with E-state index in [0.29, 0.717) is 0 Å². The zero-order valence-electron chi connectivity index (χ0n) is 11.1. The summed E-state index contributed by atoms with van der Waals surface area (Å²) in [7, 11) is -2.82. The number of anilines is 1. The molecule has 0 saturated heterocycles. The second kappa shape index (κ2) is 4.33. The molecule has 0 aliphatic rings. The lowest BCUT2D eigenvalue weighted by Gasteiger charge is -2.45. The second-order valence-electron chi connectivity index (χ2n) is 6.15. The van der Waals surface area contributed by atoms with Crippen LogP contribution in [-0.2, 0) is 0 Å². The number of halogens is 1. The molecule has 0 atom stereocenters. The highest BCUT2D eigenvalue weighted by Crippen LogP contribution is 2.28. The smallest absolute Gasteiger partial charge is 0.138 e. The maximum absolute atomic E-state index is 12.9. The summed E-state index contributed by atoms with van der Waals surface area (Å²) in [6, 6.07) is 6.93. The molecule has 4 heteroatoms. The van der Waals surface area contributed by atoms with Gasteiger partial charge in [0.1, 0.15) is 22.3 Å². The van der Waals surface area contributed by atoms with Gasteiger partial charge in [0, 0.05) is 5.69 Å². The molecular formula is C12H22FNSi2. The van der Waals surface area contributed by atoms with Crippen LogP contribution >= 0.6 is 0 Å². The monoisotopic (exact) mass is 255 g/mol. The van der Waals surface area contributed by atoms with Crippen molar-refractivity contribution in [3.63, 3.8) is 0 Å². The van der Waals surface area contributed by atoms with Crippen molar-refractivity contribution in [3.05, 3.63) is 30.1 Å². The lowest BCUT2D eigenvalue weighted by atomic mass is 10.3. The van der Waals surface area contributed by atoms with Gasteiger partial charge in [0.25, 0.3) is 0 Å². The molecule has 1 rings (SSSR count). The average molecular weight is 255 g/mol. The third-order valence-electron chi connectivity index (χ3n) is 2.43. The molecule has 0 radical (unpaired) electrons. The standard InChI is InChI=1S/C12H22FNSi2/c1-15(2,3)14(16(4,5)6)12-9-7-11(13)8-10-12/h7-10H,1-6H3. The molecule has 0 saturated carbocycles. The van der Waals surface area contributed by atoms with Gasteiger partial charge >= 0.3 is 0 Å². The van der Waals surface area contributed by atoms with E-state index in [2.05, 4.69) is 43.5 Å². The first-order chi connectivity index (χ1) is 7.12. The van der Waals surface area contributed by atoms with Gasteiger partial charge in [-0.15, -0.1) is 0 Å². The minimum atomic E-state index is -1.41. The Bertz CT molecular complexity index is 335. The number of benzene rings is 1. The molecule has 0 unspecified atom stereocenters. The molecule has 0 heterocycles. The van der Waals surface area contributed by atoms with Crippen LogP contribution in [0.4, 0.5) is 10.1 Å². The minimum absolute atomic E-state index is 0.158. The summed E-state index contributed by atoms with van der Waals surface area (Å²) in [5.41, 5.74) is 1.18. The molecule has 1 aromatic rings. The first-order valence-electron chi connectivity index (χ1n) is 5.68. The fourth-order valence-corrected chi connectivity index (χ4v) is 12.3. The van der Waals surface area contributed by atoms with Crippen LogP contribution in [0.15, 0.2) is 24.3 Å². The highest BCUT2D eigenvalue weighted by Gasteiger charge is 2.34. The van der Waals surface area contributed by atoms with Crippen molar-refractivity contribution < 1.29 is 4.39 Å². The zero-order chi connectivity index (χ0) is 12.6. The molecule has 0 N–H and O–H groups in total. The van der Waals surface area contributed by atoms with Crippen LogP contribution in [0.3, 0.4) is 0 Å². The predicted octanol–water partition coefficient (Wildman–Crippen LogP) is 4.30. The molecule has 0 spiro atoms. The quantitative estimate of drug-likeness (QED) is 0.728. The van der Waals surface area contributed by atoms with E-state index in [0.717, 1.165) is 0 Å². The van der Waals surface area contributed by atoms with Gasteiger partial charge in [-0.2, -0.15) is 0 Å². The summed E-state index contributed by atoms with van der Waals surface area (Å²) >= 11 is 0. The summed E-state index contributed by atoms with van der Waals surface area (Å²) in [4.78, 5) is 0. The van der Waals surface area contributed by atoms with Crippen molar-refractivity contribution >= 4 is 22.2 Å². The van der Waals surface area contributed by atoms with E-state index in [1.54, 1.807) is 12.1 Å². The van der Waals surface area contributed by atoms with Crippen LogP contribution in [0.1, 0.15) is 0 Å². The highest BCUT2D eigenvalue weighted by molar-refractivity contribution is 6.99. The van der Waals surface area contributed by atoms with Crippen LogP contribution in [0.5, 0.6) is 0 Å². The minimum Gasteiger partial charge on any atom is -0.425 e. The molecule has 0 aliphatic heterocycles. The van der Waals surface area contributed by atoms with Gasteiger partial charge in [0.2, 0.25) is 0 Å². The maximum Gasteiger partial charge on any atom is 0.138 e. The lowest BCUT2D eigenvalue weighted by Crippen LogP contribution is -2.59. The highest BCUT2D eigenvalue weighted by atomic mass is 28.4. The molecule has 90 valence electrons. The zero-order valence-corrected chi connectivity index (χ0v) is 13.1. The Labute approximate surface area is 100 Å². The SMILES string of the molecule is C[Si](C)(C)N(c1ccc(F)cc1)[Si](C)(C)C. The van der Waals surface area contributed by atoms with Crippen molar-refractivity contribution in [2.75, 3.05) is 4.23 Å². The van der Waals surface area contributed by atoms with Gasteiger partial charge in [-0.3, -0.25) is 0 Å². The molecular weight excluding hydrogens is 233 g/mol. The van der Waals surface area contributed by atoms with Crippen LogP contribution in [0.25, 0.3) is 0 Å². The Morgan fingerprint density at radius 1 is 0.812 bits per heavy atom. The second-order valence-corrected chi connectivity index (χ2v) is 16.2. The molecule has 1 nitrogen and oxygen atoms in total. The summed E-state index contributed by atoms with van der Waals surface area (Å²) in [5.74, 6) is -0.158. The van der Waals surface area contributed by atoms with Crippen LogP contribution in [-0.4, -0.2) is 16.5 Å². The molecule has 0 bridgehead atoms. The molecule has 16 heavy (non-hydrogen) atoms. The molecule has 1 aromatic carbocycles. The topological polar surface area (TPSA) is 3.24 Å². The van der Waals surface area contributed by atoms with Crippen molar-refractivity contribution in [1.82, 2.24) is 0 Å². The van der Waals surface area contributed by atoms with E-state index < -0.39 is 16.5 Å². The van der Waals surface area contributed by atoms with E-state index in [1.165, 1.54) is 5.69 Å². The Morgan fingerprint density at radius 2 is 1.19 bits per heavy atom. The van der Waals surface area contributed by atoms with Gasteiger partial charge in [0.05, 0.1) is 0 Å². The number of hydrogen-bond donors (Lipinski definition) is 0. The Balaban J connectivity index is 3.18. The number of nitrogens with zero attached hydrogens (tertiary/aromatic N) is 1. The molecule has 0 amide bonds.